The third-order valence-electron chi connectivity index (χ3n) is 3.44. The summed E-state index contributed by atoms with van der Waals surface area (Å²) in [5, 5.41) is 8.85. The number of aliphatic imine (C=N–C) groups is 1. The highest BCUT2D eigenvalue weighted by atomic mass is 127. The van der Waals surface area contributed by atoms with E-state index >= 15 is 0 Å². The molecule has 132 valence electrons. The smallest absolute Gasteiger partial charge is 0.191 e. The Hall–Kier alpha value is -0.570. The molecule has 0 fully saturated rings. The van der Waals surface area contributed by atoms with Crippen molar-refractivity contribution in [2.24, 2.45) is 4.99 Å². The average molecular weight is 499 g/mol. The van der Waals surface area contributed by atoms with Crippen LogP contribution in [-0.4, -0.2) is 18.0 Å². The van der Waals surface area contributed by atoms with Crippen molar-refractivity contribution in [3.63, 3.8) is 0 Å². The summed E-state index contributed by atoms with van der Waals surface area (Å²) in [6.45, 7) is 6.79. The van der Waals surface area contributed by atoms with Crippen LogP contribution in [0.1, 0.15) is 34.1 Å². The summed E-state index contributed by atoms with van der Waals surface area (Å²) in [4.78, 5) is 9.91. The van der Waals surface area contributed by atoms with Gasteiger partial charge >= 0.3 is 0 Å². The molecule has 0 aliphatic rings. The molecule has 0 bridgehead atoms. The van der Waals surface area contributed by atoms with Crippen LogP contribution in [0.2, 0.25) is 10.0 Å². The monoisotopic (exact) mass is 498 g/mol. The Bertz CT molecular complexity index is 718. The van der Waals surface area contributed by atoms with Crippen LogP contribution in [-0.2, 0) is 6.54 Å². The van der Waals surface area contributed by atoms with Crippen LogP contribution in [0.4, 0.5) is 0 Å². The molecule has 1 aromatic carbocycles. The molecular weight excluding hydrogens is 478 g/mol. The van der Waals surface area contributed by atoms with E-state index < -0.39 is 0 Å². The number of rotatable bonds is 4. The lowest BCUT2D eigenvalue weighted by atomic mass is 10.1. The van der Waals surface area contributed by atoms with Gasteiger partial charge in [0, 0.05) is 11.9 Å². The predicted molar refractivity (Wildman–Crippen MR) is 115 cm³/mol. The van der Waals surface area contributed by atoms with E-state index in [9.17, 15) is 0 Å². The average Bonchev–Trinajstić information content (AvgIpc) is 2.83. The maximum Gasteiger partial charge on any atom is 0.191 e. The molecule has 0 aliphatic heterocycles. The van der Waals surface area contributed by atoms with Crippen molar-refractivity contribution in [1.82, 2.24) is 15.6 Å². The molecular formula is C16H21Cl2IN4S. The van der Waals surface area contributed by atoms with Crippen LogP contribution in [0.3, 0.4) is 0 Å². The minimum atomic E-state index is 0. The molecule has 0 spiro atoms. The highest BCUT2D eigenvalue weighted by Gasteiger charge is 2.11. The second kappa shape index (κ2) is 9.79. The lowest BCUT2D eigenvalue weighted by Gasteiger charge is -2.18. The maximum absolute atomic E-state index is 6.08. The van der Waals surface area contributed by atoms with Crippen molar-refractivity contribution < 1.29 is 0 Å². The van der Waals surface area contributed by atoms with Gasteiger partial charge in [-0.3, -0.25) is 4.99 Å². The van der Waals surface area contributed by atoms with Crippen molar-refractivity contribution in [3.8, 4) is 0 Å². The number of benzene rings is 1. The fraction of sp³-hybridized carbons (Fsp3) is 0.375. The van der Waals surface area contributed by atoms with E-state index in [1.54, 1.807) is 24.5 Å². The van der Waals surface area contributed by atoms with Gasteiger partial charge in [-0.2, -0.15) is 0 Å². The first-order chi connectivity index (χ1) is 10.9. The standard InChI is InChI=1S/C16H20Cl2N4S.HI/c1-9(12-5-6-13(17)14(18)7-12)22-16(19-4)20-8-15-10(2)21-11(3)23-15;/h5-7,9H,8H2,1-4H3,(H2,19,20,22);1H. The fourth-order valence-corrected chi connectivity index (χ4v) is 3.35. The zero-order valence-electron chi connectivity index (χ0n) is 14.0. The summed E-state index contributed by atoms with van der Waals surface area (Å²) >= 11 is 13.7. The fourth-order valence-electron chi connectivity index (χ4n) is 2.17. The van der Waals surface area contributed by atoms with Crippen LogP contribution in [0.25, 0.3) is 0 Å². The van der Waals surface area contributed by atoms with Gasteiger partial charge in [0.2, 0.25) is 0 Å². The summed E-state index contributed by atoms with van der Waals surface area (Å²) in [6, 6.07) is 5.68. The van der Waals surface area contributed by atoms with Crippen LogP contribution < -0.4 is 10.6 Å². The van der Waals surface area contributed by atoms with Crippen molar-refractivity contribution >= 4 is 64.5 Å². The summed E-state index contributed by atoms with van der Waals surface area (Å²) < 4.78 is 0. The highest BCUT2D eigenvalue weighted by Crippen LogP contribution is 2.25. The molecule has 4 nitrogen and oxygen atoms in total. The first kappa shape index (κ1) is 21.5. The zero-order chi connectivity index (χ0) is 17.0. The molecule has 1 aromatic heterocycles. The molecule has 0 radical (unpaired) electrons. The number of nitrogens with zero attached hydrogens (tertiary/aromatic N) is 2. The third-order valence-corrected chi connectivity index (χ3v) is 5.25. The number of hydrogen-bond donors (Lipinski definition) is 2. The van der Waals surface area contributed by atoms with Gasteiger partial charge in [0.05, 0.1) is 33.3 Å². The number of halogens is 3. The van der Waals surface area contributed by atoms with Gasteiger partial charge in [0.15, 0.2) is 5.96 Å². The number of hydrogen-bond acceptors (Lipinski definition) is 3. The van der Waals surface area contributed by atoms with Crippen LogP contribution >= 0.6 is 58.5 Å². The molecule has 24 heavy (non-hydrogen) atoms. The number of nitrogens with one attached hydrogen (secondary N) is 2. The molecule has 0 amide bonds. The summed E-state index contributed by atoms with van der Waals surface area (Å²) in [5.41, 5.74) is 2.11. The van der Waals surface area contributed by atoms with E-state index in [1.807, 2.05) is 26.0 Å². The topological polar surface area (TPSA) is 49.3 Å². The second-order valence-corrected chi connectivity index (χ2v) is 7.31. The van der Waals surface area contributed by atoms with Crippen molar-refractivity contribution in [1.29, 1.82) is 0 Å². The molecule has 0 saturated heterocycles. The number of guanidine groups is 1. The second-order valence-electron chi connectivity index (χ2n) is 5.21. The Morgan fingerprint density at radius 3 is 2.54 bits per heavy atom. The van der Waals surface area contributed by atoms with Crippen LogP contribution in [0.5, 0.6) is 0 Å². The minimum Gasteiger partial charge on any atom is -0.351 e. The predicted octanol–water partition coefficient (Wildman–Crippen LogP) is 5.11. The molecule has 1 atom stereocenters. The van der Waals surface area contributed by atoms with Gasteiger partial charge in [-0.25, -0.2) is 4.98 Å². The minimum absolute atomic E-state index is 0. The van der Waals surface area contributed by atoms with Crippen LogP contribution in [0.15, 0.2) is 23.2 Å². The lowest BCUT2D eigenvalue weighted by molar-refractivity contribution is 0.686. The molecule has 0 saturated carbocycles. The van der Waals surface area contributed by atoms with Gasteiger partial charge in [0.25, 0.3) is 0 Å². The Morgan fingerprint density at radius 1 is 1.29 bits per heavy atom. The molecule has 2 N–H and O–H groups in total. The van der Waals surface area contributed by atoms with E-state index in [2.05, 4.69) is 27.5 Å². The Balaban J connectivity index is 0.00000288. The van der Waals surface area contributed by atoms with E-state index in [4.69, 9.17) is 23.2 Å². The SMILES string of the molecule is CN=C(NCc1sc(C)nc1C)NC(C)c1ccc(Cl)c(Cl)c1.I. The molecule has 1 heterocycles. The molecule has 2 rings (SSSR count). The molecule has 1 unspecified atom stereocenters. The van der Waals surface area contributed by atoms with E-state index in [-0.39, 0.29) is 30.0 Å². The number of thiazole rings is 1. The number of aryl methyl sites for hydroxylation is 2. The van der Waals surface area contributed by atoms with E-state index in [0.717, 1.165) is 22.2 Å². The summed E-state index contributed by atoms with van der Waals surface area (Å²) in [6.07, 6.45) is 0. The molecule has 0 aliphatic carbocycles. The lowest BCUT2D eigenvalue weighted by Crippen LogP contribution is -2.38. The van der Waals surface area contributed by atoms with Gasteiger partial charge in [0.1, 0.15) is 0 Å². The van der Waals surface area contributed by atoms with Crippen molar-refractivity contribution in [2.75, 3.05) is 7.05 Å². The third kappa shape index (κ3) is 5.75. The van der Waals surface area contributed by atoms with E-state index in [0.29, 0.717) is 16.6 Å². The maximum atomic E-state index is 6.08. The highest BCUT2D eigenvalue weighted by molar-refractivity contribution is 14.0. The molecule has 8 heteroatoms. The Morgan fingerprint density at radius 2 is 2.00 bits per heavy atom. The quantitative estimate of drug-likeness (QED) is 0.350. The van der Waals surface area contributed by atoms with Gasteiger partial charge in [-0.15, -0.1) is 35.3 Å². The largest absolute Gasteiger partial charge is 0.351 e. The summed E-state index contributed by atoms with van der Waals surface area (Å²) in [5.74, 6) is 0.731. The zero-order valence-corrected chi connectivity index (χ0v) is 18.6. The van der Waals surface area contributed by atoms with Crippen molar-refractivity contribution in [3.05, 3.63) is 49.4 Å². The van der Waals surface area contributed by atoms with Gasteiger partial charge < -0.3 is 10.6 Å². The Kier molecular flexibility index (Phi) is 8.76. The van der Waals surface area contributed by atoms with Crippen molar-refractivity contribution in [2.45, 2.75) is 33.4 Å². The normalized spacial score (nSPS) is 12.5. The first-order valence-electron chi connectivity index (χ1n) is 7.25. The van der Waals surface area contributed by atoms with Gasteiger partial charge in [-0.1, -0.05) is 29.3 Å². The Labute approximate surface area is 174 Å². The number of aromatic nitrogens is 1. The van der Waals surface area contributed by atoms with Gasteiger partial charge in [-0.05, 0) is 38.5 Å². The van der Waals surface area contributed by atoms with E-state index in [1.165, 1.54) is 4.88 Å². The van der Waals surface area contributed by atoms with Crippen LogP contribution in [0, 0.1) is 13.8 Å². The summed E-state index contributed by atoms with van der Waals surface area (Å²) in [7, 11) is 1.75. The first-order valence-corrected chi connectivity index (χ1v) is 8.83. The molecule has 2 aromatic rings.